The van der Waals surface area contributed by atoms with Gasteiger partial charge in [0.25, 0.3) is 0 Å². The molecule has 1 atom stereocenters. The van der Waals surface area contributed by atoms with Crippen LogP contribution in [0.15, 0.2) is 30.5 Å². The highest BCUT2D eigenvalue weighted by Crippen LogP contribution is 2.25. The molecule has 0 fully saturated rings. The van der Waals surface area contributed by atoms with E-state index in [1.165, 1.54) is 0 Å². The van der Waals surface area contributed by atoms with E-state index in [2.05, 4.69) is 25.9 Å². The number of nitrogen functional groups attached to an aromatic ring is 2. The van der Waals surface area contributed by atoms with Crippen molar-refractivity contribution in [2.45, 2.75) is 18.8 Å². The van der Waals surface area contributed by atoms with E-state index in [1.54, 1.807) is 18.3 Å². The number of aromatic nitrogens is 4. The Morgan fingerprint density at radius 3 is 2.60 bits per heavy atom. The van der Waals surface area contributed by atoms with Crippen molar-refractivity contribution in [1.29, 1.82) is 0 Å². The molecule has 2 aromatic heterocycles. The predicted molar refractivity (Wildman–Crippen MR) is 95.7 cm³/mol. The number of terminal acetylenes is 1. The van der Waals surface area contributed by atoms with E-state index in [0.717, 1.165) is 17.5 Å². The SMILES string of the molecule is C#CCC(Cc1cnc2nc(N)nc(N)c2n1)c1ccc(C=O)cc1. The lowest BCUT2D eigenvalue weighted by molar-refractivity contribution is 0.112. The van der Waals surface area contributed by atoms with E-state index in [9.17, 15) is 4.79 Å². The molecule has 25 heavy (non-hydrogen) atoms. The second kappa shape index (κ2) is 6.93. The predicted octanol–water partition coefficient (Wildman–Crippen LogP) is 1.75. The number of hydrogen-bond acceptors (Lipinski definition) is 7. The molecule has 7 heteroatoms. The molecular weight excluding hydrogens is 316 g/mol. The Bertz CT molecular complexity index is 962. The lowest BCUT2D eigenvalue weighted by Gasteiger charge is -2.15. The molecule has 4 N–H and O–H groups in total. The molecule has 1 unspecified atom stereocenters. The van der Waals surface area contributed by atoms with Crippen LogP contribution in [-0.2, 0) is 6.42 Å². The van der Waals surface area contributed by atoms with Gasteiger partial charge in [0.1, 0.15) is 6.29 Å². The second-order valence-corrected chi connectivity index (χ2v) is 5.59. The van der Waals surface area contributed by atoms with Gasteiger partial charge in [0.2, 0.25) is 5.95 Å². The fourth-order valence-corrected chi connectivity index (χ4v) is 2.63. The first-order valence-electron chi connectivity index (χ1n) is 7.64. The Labute approximate surface area is 144 Å². The highest BCUT2D eigenvalue weighted by atomic mass is 16.1. The number of aldehydes is 1. The molecular formula is C18H16N6O. The third-order valence-corrected chi connectivity index (χ3v) is 3.86. The highest BCUT2D eigenvalue weighted by molar-refractivity contribution is 5.81. The lowest BCUT2D eigenvalue weighted by Crippen LogP contribution is -2.08. The summed E-state index contributed by atoms with van der Waals surface area (Å²) in [5.41, 5.74) is 14.6. The van der Waals surface area contributed by atoms with Crippen LogP contribution in [0, 0.1) is 12.3 Å². The molecule has 0 aliphatic rings. The molecule has 0 saturated carbocycles. The van der Waals surface area contributed by atoms with Crippen LogP contribution in [0.1, 0.15) is 34.0 Å². The van der Waals surface area contributed by atoms with Crippen molar-refractivity contribution < 1.29 is 4.79 Å². The molecule has 0 amide bonds. The van der Waals surface area contributed by atoms with Crippen molar-refractivity contribution in [3.05, 3.63) is 47.3 Å². The number of fused-ring (bicyclic) bond motifs is 1. The quantitative estimate of drug-likeness (QED) is 0.539. The van der Waals surface area contributed by atoms with Crippen LogP contribution in [0.4, 0.5) is 11.8 Å². The molecule has 3 rings (SSSR count). The Balaban J connectivity index is 1.92. The number of nitrogens with zero attached hydrogens (tertiary/aromatic N) is 4. The van der Waals surface area contributed by atoms with E-state index in [1.807, 2.05) is 12.1 Å². The second-order valence-electron chi connectivity index (χ2n) is 5.59. The topological polar surface area (TPSA) is 121 Å². The molecule has 1 aromatic carbocycles. The van der Waals surface area contributed by atoms with Gasteiger partial charge < -0.3 is 11.5 Å². The Morgan fingerprint density at radius 2 is 1.92 bits per heavy atom. The Morgan fingerprint density at radius 1 is 1.16 bits per heavy atom. The van der Waals surface area contributed by atoms with Gasteiger partial charge in [0.05, 0.1) is 11.9 Å². The molecule has 124 valence electrons. The average molecular weight is 332 g/mol. The summed E-state index contributed by atoms with van der Waals surface area (Å²) in [6.45, 7) is 0. The summed E-state index contributed by atoms with van der Waals surface area (Å²) in [5, 5.41) is 0. The van der Waals surface area contributed by atoms with E-state index >= 15 is 0 Å². The third kappa shape index (κ3) is 3.53. The maximum absolute atomic E-state index is 10.8. The van der Waals surface area contributed by atoms with Crippen LogP contribution in [-0.4, -0.2) is 26.2 Å². The number of nitrogens with two attached hydrogens (primary N) is 2. The van der Waals surface area contributed by atoms with Gasteiger partial charge >= 0.3 is 0 Å². The monoisotopic (exact) mass is 332 g/mol. The van der Waals surface area contributed by atoms with E-state index in [0.29, 0.717) is 29.6 Å². The van der Waals surface area contributed by atoms with Crippen molar-refractivity contribution in [3.8, 4) is 12.3 Å². The van der Waals surface area contributed by atoms with Crippen molar-refractivity contribution in [2.24, 2.45) is 0 Å². The fourth-order valence-electron chi connectivity index (χ4n) is 2.63. The lowest BCUT2D eigenvalue weighted by atomic mass is 9.91. The number of benzene rings is 1. The van der Waals surface area contributed by atoms with E-state index in [-0.39, 0.29) is 17.7 Å². The molecule has 3 aromatic rings. The number of hydrogen-bond donors (Lipinski definition) is 2. The summed E-state index contributed by atoms with van der Waals surface area (Å²) in [7, 11) is 0. The molecule has 0 saturated heterocycles. The largest absolute Gasteiger partial charge is 0.382 e. The number of rotatable bonds is 5. The maximum atomic E-state index is 10.8. The van der Waals surface area contributed by atoms with Crippen molar-refractivity contribution in [3.63, 3.8) is 0 Å². The van der Waals surface area contributed by atoms with Crippen LogP contribution in [0.5, 0.6) is 0 Å². The molecule has 0 aliphatic heterocycles. The standard InChI is InChI=1S/C18H16N6O/c1-2-3-13(12-6-4-11(10-25)5-7-12)8-14-9-21-17-15(22-14)16(19)23-18(20)24-17/h1,4-7,9-10,13H,3,8H2,(H4,19,20,21,23,24). The number of carbonyl (C=O) groups excluding carboxylic acids is 1. The molecule has 0 aliphatic carbocycles. The zero-order chi connectivity index (χ0) is 17.8. The summed E-state index contributed by atoms with van der Waals surface area (Å²) >= 11 is 0. The van der Waals surface area contributed by atoms with Gasteiger partial charge in [-0.25, -0.2) is 9.97 Å². The van der Waals surface area contributed by atoms with Crippen LogP contribution < -0.4 is 11.5 Å². The van der Waals surface area contributed by atoms with Gasteiger partial charge in [0, 0.05) is 17.9 Å². The third-order valence-electron chi connectivity index (χ3n) is 3.86. The summed E-state index contributed by atoms with van der Waals surface area (Å²) in [4.78, 5) is 27.5. The Kier molecular flexibility index (Phi) is 4.53. The number of carbonyl (C=O) groups is 1. The van der Waals surface area contributed by atoms with Crippen molar-refractivity contribution in [1.82, 2.24) is 19.9 Å². The van der Waals surface area contributed by atoms with Gasteiger partial charge in [0.15, 0.2) is 17.0 Å². The minimum Gasteiger partial charge on any atom is -0.382 e. The minimum absolute atomic E-state index is 0.0494. The Hall–Kier alpha value is -3.53. The van der Waals surface area contributed by atoms with E-state index < -0.39 is 0 Å². The van der Waals surface area contributed by atoms with Gasteiger partial charge in [-0.3, -0.25) is 4.79 Å². The normalized spacial score (nSPS) is 11.8. The maximum Gasteiger partial charge on any atom is 0.224 e. The zero-order valence-corrected chi connectivity index (χ0v) is 13.4. The van der Waals surface area contributed by atoms with Crippen LogP contribution in [0.2, 0.25) is 0 Å². The summed E-state index contributed by atoms with van der Waals surface area (Å²) in [6, 6.07) is 7.34. The number of anilines is 2. The van der Waals surface area contributed by atoms with Crippen LogP contribution >= 0.6 is 0 Å². The molecule has 0 bridgehead atoms. The van der Waals surface area contributed by atoms with Crippen molar-refractivity contribution in [2.75, 3.05) is 11.5 Å². The minimum atomic E-state index is 0.0494. The first-order valence-corrected chi connectivity index (χ1v) is 7.64. The van der Waals surface area contributed by atoms with Gasteiger partial charge in [-0.1, -0.05) is 24.3 Å². The molecule has 7 nitrogen and oxygen atoms in total. The first kappa shape index (κ1) is 16.3. The average Bonchev–Trinajstić information content (AvgIpc) is 2.62. The van der Waals surface area contributed by atoms with Crippen LogP contribution in [0.25, 0.3) is 11.2 Å². The van der Waals surface area contributed by atoms with Gasteiger partial charge in [-0.2, -0.15) is 9.97 Å². The summed E-state index contributed by atoms with van der Waals surface area (Å²) in [6.07, 6.45) is 9.07. The van der Waals surface area contributed by atoms with Gasteiger partial charge in [-0.15, -0.1) is 12.3 Å². The van der Waals surface area contributed by atoms with Crippen LogP contribution in [0.3, 0.4) is 0 Å². The molecule has 0 spiro atoms. The fraction of sp³-hybridized carbons (Fsp3) is 0.167. The van der Waals surface area contributed by atoms with E-state index in [4.69, 9.17) is 17.9 Å². The van der Waals surface area contributed by atoms with Crippen molar-refractivity contribution >= 4 is 29.2 Å². The summed E-state index contributed by atoms with van der Waals surface area (Å²) in [5.74, 6) is 2.99. The summed E-state index contributed by atoms with van der Waals surface area (Å²) < 4.78 is 0. The van der Waals surface area contributed by atoms with Gasteiger partial charge in [-0.05, 0) is 12.0 Å². The molecule has 0 radical (unpaired) electrons. The highest BCUT2D eigenvalue weighted by Gasteiger charge is 2.15. The smallest absolute Gasteiger partial charge is 0.224 e. The zero-order valence-electron chi connectivity index (χ0n) is 13.4. The first-order chi connectivity index (χ1) is 12.1. The molecule has 2 heterocycles.